The van der Waals surface area contributed by atoms with Crippen LogP contribution in [0.4, 0.5) is 0 Å². The van der Waals surface area contributed by atoms with E-state index in [2.05, 4.69) is 65.8 Å². The molecule has 0 radical (unpaired) electrons. The summed E-state index contributed by atoms with van der Waals surface area (Å²) in [6.45, 7) is 18.2. The second-order valence-electron chi connectivity index (χ2n) is 21.0. The second-order valence-corrected chi connectivity index (χ2v) is 21.0. The SMILES string of the molecule is CCCCCCCCCCOC(CCCCC=CC(OCCCC)OC(C=CCCCCC(OCCCCCCCCCC)OCCCCCCCCCC)OCCCC)OCCCCCCCCCC. The Labute approximate surface area is 444 Å². The average Bonchev–Trinajstić information content (AvgIpc) is 3.37. The zero-order chi connectivity index (χ0) is 51.4. The maximum Gasteiger partial charge on any atom is 0.180 e. The number of rotatable bonds is 62. The van der Waals surface area contributed by atoms with Gasteiger partial charge in [0.1, 0.15) is 0 Å². The molecule has 7 heteroatoms. The molecule has 2 unspecified atom stereocenters. The highest BCUT2D eigenvalue weighted by Crippen LogP contribution is 2.18. The third kappa shape index (κ3) is 55.3. The van der Waals surface area contributed by atoms with Gasteiger partial charge in [-0.3, -0.25) is 0 Å². The van der Waals surface area contributed by atoms with Crippen molar-refractivity contribution in [3.8, 4) is 0 Å². The summed E-state index contributed by atoms with van der Waals surface area (Å²) >= 11 is 0. The Hall–Kier alpha value is -0.800. The zero-order valence-electron chi connectivity index (χ0n) is 48.8. The van der Waals surface area contributed by atoms with E-state index in [0.29, 0.717) is 13.2 Å². The molecule has 0 aliphatic heterocycles. The number of allylic oxidation sites excluding steroid dienone is 2. The van der Waals surface area contributed by atoms with Crippen LogP contribution in [0.5, 0.6) is 0 Å². The lowest BCUT2D eigenvalue weighted by atomic mass is 10.1. The van der Waals surface area contributed by atoms with E-state index in [1.54, 1.807) is 0 Å². The quantitative estimate of drug-likeness (QED) is 0.0342. The molecule has 0 aromatic heterocycles. The number of hydrogen-bond acceptors (Lipinski definition) is 7. The van der Waals surface area contributed by atoms with Crippen molar-refractivity contribution >= 4 is 0 Å². The largest absolute Gasteiger partial charge is 0.353 e. The monoisotopic (exact) mass is 1010 g/mol. The van der Waals surface area contributed by atoms with Crippen LogP contribution in [0.25, 0.3) is 0 Å². The summed E-state index contributed by atoms with van der Waals surface area (Å²) in [4.78, 5) is 0. The molecule has 71 heavy (non-hydrogen) atoms. The van der Waals surface area contributed by atoms with Crippen LogP contribution in [-0.4, -0.2) is 64.8 Å². The van der Waals surface area contributed by atoms with E-state index in [1.165, 1.54) is 180 Å². The molecule has 0 spiro atoms. The van der Waals surface area contributed by atoms with Crippen molar-refractivity contribution in [2.75, 3.05) is 39.6 Å². The molecule has 0 saturated heterocycles. The summed E-state index contributed by atoms with van der Waals surface area (Å²) in [5.41, 5.74) is 0. The molecule has 0 saturated carbocycles. The summed E-state index contributed by atoms with van der Waals surface area (Å²) in [7, 11) is 0. The third-order valence-corrected chi connectivity index (χ3v) is 13.7. The van der Waals surface area contributed by atoms with E-state index in [0.717, 1.165) is 129 Å². The van der Waals surface area contributed by atoms with Gasteiger partial charge in [0.2, 0.25) is 0 Å². The predicted octanol–water partition coefficient (Wildman–Crippen LogP) is 20.8. The van der Waals surface area contributed by atoms with Gasteiger partial charge in [-0.25, -0.2) is 0 Å². The molecule has 0 N–H and O–H groups in total. The number of ether oxygens (including phenoxy) is 7. The Morgan fingerprint density at radius 2 is 0.479 bits per heavy atom. The van der Waals surface area contributed by atoms with Gasteiger partial charge >= 0.3 is 0 Å². The molecule has 0 aliphatic carbocycles. The van der Waals surface area contributed by atoms with Crippen LogP contribution in [0.1, 0.15) is 324 Å². The lowest BCUT2D eigenvalue weighted by molar-refractivity contribution is -0.208. The van der Waals surface area contributed by atoms with Crippen molar-refractivity contribution in [2.45, 2.75) is 349 Å². The summed E-state index contributed by atoms with van der Waals surface area (Å²) in [5.74, 6) is 0. The van der Waals surface area contributed by atoms with Gasteiger partial charge in [0.05, 0.1) is 13.2 Å². The lowest BCUT2D eigenvalue weighted by Gasteiger charge is -2.21. The fourth-order valence-electron chi connectivity index (χ4n) is 8.89. The molecule has 7 nitrogen and oxygen atoms in total. The molecular formula is C64H126O7. The molecular weight excluding hydrogens is 881 g/mol. The highest BCUT2D eigenvalue weighted by molar-refractivity contribution is 4.90. The smallest absolute Gasteiger partial charge is 0.180 e. The fraction of sp³-hybridized carbons (Fsp3) is 0.938. The van der Waals surface area contributed by atoms with Crippen LogP contribution >= 0.6 is 0 Å². The average molecular weight is 1010 g/mol. The van der Waals surface area contributed by atoms with E-state index in [1.807, 2.05) is 0 Å². The molecule has 0 aliphatic rings. The van der Waals surface area contributed by atoms with Gasteiger partial charge in [-0.15, -0.1) is 0 Å². The normalized spacial score (nSPS) is 13.1. The molecule has 2 atom stereocenters. The summed E-state index contributed by atoms with van der Waals surface area (Å²) < 4.78 is 44.6. The van der Waals surface area contributed by atoms with Gasteiger partial charge in [0, 0.05) is 26.4 Å². The topological polar surface area (TPSA) is 64.6 Å². The number of unbranched alkanes of at least 4 members (excludes halogenated alkanes) is 34. The minimum absolute atomic E-state index is 0.0912. The first-order valence-electron chi connectivity index (χ1n) is 31.8. The van der Waals surface area contributed by atoms with Crippen LogP contribution < -0.4 is 0 Å². The van der Waals surface area contributed by atoms with Crippen molar-refractivity contribution in [1.29, 1.82) is 0 Å². The van der Waals surface area contributed by atoms with E-state index in [-0.39, 0.29) is 12.6 Å². The Morgan fingerprint density at radius 3 is 0.746 bits per heavy atom. The van der Waals surface area contributed by atoms with Crippen molar-refractivity contribution in [1.82, 2.24) is 0 Å². The highest BCUT2D eigenvalue weighted by atomic mass is 16.8. The predicted molar refractivity (Wildman–Crippen MR) is 307 cm³/mol. The summed E-state index contributed by atoms with van der Waals surface area (Å²) in [6, 6.07) is 0. The first-order chi connectivity index (χ1) is 35.1. The maximum atomic E-state index is 6.52. The first-order valence-corrected chi connectivity index (χ1v) is 31.8. The van der Waals surface area contributed by atoms with E-state index < -0.39 is 12.6 Å². The molecule has 0 rings (SSSR count). The lowest BCUT2D eigenvalue weighted by Crippen LogP contribution is -2.25. The Kier molecular flexibility index (Phi) is 61.0. The van der Waals surface area contributed by atoms with Gasteiger partial charge in [-0.05, 0) is 102 Å². The summed E-state index contributed by atoms with van der Waals surface area (Å²) in [5, 5.41) is 0. The zero-order valence-corrected chi connectivity index (χ0v) is 48.8. The van der Waals surface area contributed by atoms with Crippen LogP contribution in [-0.2, 0) is 33.2 Å². The molecule has 0 heterocycles. The molecule has 0 aromatic rings. The Morgan fingerprint density at radius 1 is 0.239 bits per heavy atom. The number of hydrogen-bond donors (Lipinski definition) is 0. The van der Waals surface area contributed by atoms with Crippen LogP contribution in [0.3, 0.4) is 0 Å². The highest BCUT2D eigenvalue weighted by Gasteiger charge is 2.15. The second kappa shape index (κ2) is 61.7. The van der Waals surface area contributed by atoms with Gasteiger partial charge in [0.25, 0.3) is 0 Å². The van der Waals surface area contributed by atoms with E-state index >= 15 is 0 Å². The van der Waals surface area contributed by atoms with Crippen molar-refractivity contribution < 1.29 is 33.2 Å². The molecule has 0 bridgehead atoms. The molecule has 0 aromatic carbocycles. The fourth-order valence-corrected chi connectivity index (χ4v) is 8.89. The Bertz CT molecular complexity index is 899. The molecule has 424 valence electrons. The molecule has 0 amide bonds. The minimum Gasteiger partial charge on any atom is -0.353 e. The van der Waals surface area contributed by atoms with Crippen molar-refractivity contribution in [3.05, 3.63) is 24.3 Å². The first kappa shape index (κ1) is 70.2. The van der Waals surface area contributed by atoms with Crippen LogP contribution in [0.15, 0.2) is 24.3 Å². The van der Waals surface area contributed by atoms with Crippen molar-refractivity contribution in [2.24, 2.45) is 0 Å². The third-order valence-electron chi connectivity index (χ3n) is 13.7. The van der Waals surface area contributed by atoms with E-state index in [9.17, 15) is 0 Å². The van der Waals surface area contributed by atoms with E-state index in [4.69, 9.17) is 33.2 Å². The van der Waals surface area contributed by atoms with Gasteiger partial charge in [-0.1, -0.05) is 246 Å². The van der Waals surface area contributed by atoms with Crippen LogP contribution in [0.2, 0.25) is 0 Å². The standard InChI is InChI=1S/C64H126O7/c1-7-13-19-23-27-31-39-47-57-65-61(66-58-48-40-32-28-24-20-14-8-2)51-43-35-37-45-53-63(69-55-17-11-5)71-64(70-56-18-12-6)54-46-38-36-44-52-62(67-59-49-41-33-29-25-21-15-9-3)68-60-50-42-34-30-26-22-16-10-4/h45-46,53-54,61-64H,7-44,47-52,55-60H2,1-6H3. The molecule has 0 fully saturated rings. The van der Waals surface area contributed by atoms with Gasteiger partial charge < -0.3 is 33.2 Å². The summed E-state index contributed by atoms with van der Waals surface area (Å²) in [6.07, 6.45) is 62.1. The Balaban J connectivity index is 5.13. The van der Waals surface area contributed by atoms with Gasteiger partial charge in [-0.2, -0.15) is 0 Å². The minimum atomic E-state index is -0.437. The van der Waals surface area contributed by atoms with Gasteiger partial charge in [0.15, 0.2) is 25.2 Å². The van der Waals surface area contributed by atoms with Crippen LogP contribution in [0, 0.1) is 0 Å². The van der Waals surface area contributed by atoms with Crippen molar-refractivity contribution in [3.63, 3.8) is 0 Å². The maximum absolute atomic E-state index is 6.52.